The lowest BCUT2D eigenvalue weighted by molar-refractivity contribution is 0.0667. The van der Waals surface area contributed by atoms with Crippen molar-refractivity contribution in [2.45, 2.75) is 134 Å². The highest BCUT2D eigenvalue weighted by Gasteiger charge is 2.47. The third-order valence-corrected chi connectivity index (χ3v) is 15.1. The summed E-state index contributed by atoms with van der Waals surface area (Å²) in [4.78, 5) is 2.86. The molecule has 53 heavy (non-hydrogen) atoms. The molecule has 1 saturated heterocycles. The summed E-state index contributed by atoms with van der Waals surface area (Å²) in [6, 6.07) is 0.419. The fourth-order valence-electron chi connectivity index (χ4n) is 12.3. The molecular formula is C51H61NO. The van der Waals surface area contributed by atoms with Crippen LogP contribution in [-0.4, -0.2) is 23.1 Å². The summed E-state index contributed by atoms with van der Waals surface area (Å²) in [5.74, 6) is 3.87. The third kappa shape index (κ3) is 6.49. The van der Waals surface area contributed by atoms with Gasteiger partial charge in [-0.2, -0.15) is 0 Å². The van der Waals surface area contributed by atoms with E-state index in [0.717, 1.165) is 12.8 Å². The van der Waals surface area contributed by atoms with E-state index >= 15 is 0 Å². The standard InChI is InChI=1S/C51H61NO/c1-34-11-8-16-38-21-22-41-32-44(28-29-45(41)50(34)38)52(43-18-9-17-39(31-43)35-12-4-2-5-13-35)42-26-23-36(24-27-42)40-25-30-49-48(33-40)47-20-10-19-46(51(47)53-49)37-14-6-3-7-15-37/h2-4,6,8-9,16-19,25-26,30,32-37,43,47-49,51H,5,7,10-15,20-24,27-29,31H2,1H3/t34-,35+,36?,37?,43?,47?,48?,49?,51?/m1/s1. The predicted octanol–water partition coefficient (Wildman–Crippen LogP) is 12.8. The molecule has 10 rings (SSSR count). The molecule has 0 aromatic heterocycles. The highest BCUT2D eigenvalue weighted by atomic mass is 16.5. The molecule has 9 aliphatic carbocycles. The van der Waals surface area contributed by atoms with Crippen molar-refractivity contribution in [2.75, 3.05) is 0 Å². The Kier molecular flexibility index (Phi) is 9.48. The van der Waals surface area contributed by atoms with Crippen LogP contribution in [0.4, 0.5) is 0 Å². The zero-order chi connectivity index (χ0) is 35.3. The molecule has 0 N–H and O–H groups in total. The Morgan fingerprint density at radius 2 is 1.57 bits per heavy atom. The van der Waals surface area contributed by atoms with Gasteiger partial charge < -0.3 is 9.64 Å². The van der Waals surface area contributed by atoms with Crippen molar-refractivity contribution in [3.05, 3.63) is 142 Å². The molecule has 2 nitrogen and oxygen atoms in total. The molecule has 7 unspecified atom stereocenters. The molecule has 0 amide bonds. The average Bonchev–Trinajstić information content (AvgIpc) is 3.60. The van der Waals surface area contributed by atoms with Gasteiger partial charge in [0.25, 0.3) is 0 Å². The van der Waals surface area contributed by atoms with Gasteiger partial charge in [-0.1, -0.05) is 97.6 Å². The molecule has 0 bridgehead atoms. The van der Waals surface area contributed by atoms with E-state index in [1.165, 1.54) is 96.3 Å². The van der Waals surface area contributed by atoms with Crippen LogP contribution in [0.15, 0.2) is 142 Å². The van der Waals surface area contributed by atoms with Gasteiger partial charge in [-0.25, -0.2) is 0 Å². The smallest absolute Gasteiger partial charge is 0.0833 e. The Morgan fingerprint density at radius 1 is 0.698 bits per heavy atom. The molecule has 0 spiro atoms. The number of nitrogens with zero attached hydrogens (tertiary/aromatic N) is 1. The lowest BCUT2D eigenvalue weighted by atomic mass is 9.71. The third-order valence-electron chi connectivity index (χ3n) is 15.1. The van der Waals surface area contributed by atoms with Crippen LogP contribution in [0.2, 0.25) is 0 Å². The molecule has 0 aromatic carbocycles. The summed E-state index contributed by atoms with van der Waals surface area (Å²) in [7, 11) is 0. The Hall–Kier alpha value is -3.36. The molecule has 276 valence electrons. The molecule has 1 heterocycles. The molecule has 1 aliphatic heterocycles. The lowest BCUT2D eigenvalue weighted by Crippen LogP contribution is -2.36. The van der Waals surface area contributed by atoms with Gasteiger partial charge in [0, 0.05) is 17.3 Å². The predicted molar refractivity (Wildman–Crippen MR) is 220 cm³/mol. The topological polar surface area (TPSA) is 12.5 Å². The van der Waals surface area contributed by atoms with E-state index < -0.39 is 0 Å². The molecule has 9 atom stereocenters. The molecule has 1 fully saturated rings. The van der Waals surface area contributed by atoms with Crippen LogP contribution < -0.4 is 0 Å². The van der Waals surface area contributed by atoms with E-state index in [1.807, 2.05) is 0 Å². The number of hydrogen-bond donors (Lipinski definition) is 0. The van der Waals surface area contributed by atoms with Gasteiger partial charge in [0.15, 0.2) is 0 Å². The summed E-state index contributed by atoms with van der Waals surface area (Å²) >= 11 is 0. The van der Waals surface area contributed by atoms with Crippen LogP contribution in [0, 0.1) is 35.5 Å². The van der Waals surface area contributed by atoms with Crippen molar-refractivity contribution in [1.29, 1.82) is 0 Å². The van der Waals surface area contributed by atoms with Gasteiger partial charge in [0.05, 0.1) is 18.2 Å². The van der Waals surface area contributed by atoms with E-state index in [2.05, 4.69) is 103 Å². The Bertz CT molecular complexity index is 1860. The summed E-state index contributed by atoms with van der Waals surface area (Å²) in [5, 5.41) is 0. The Labute approximate surface area is 320 Å². The fourth-order valence-corrected chi connectivity index (χ4v) is 12.3. The Morgan fingerprint density at radius 3 is 2.40 bits per heavy atom. The maximum Gasteiger partial charge on any atom is 0.0833 e. The summed E-state index contributed by atoms with van der Waals surface area (Å²) in [6.45, 7) is 2.46. The zero-order valence-corrected chi connectivity index (χ0v) is 32.2. The van der Waals surface area contributed by atoms with Gasteiger partial charge in [0.1, 0.15) is 0 Å². The largest absolute Gasteiger partial charge is 0.366 e. The average molecular weight is 704 g/mol. The zero-order valence-electron chi connectivity index (χ0n) is 32.2. The van der Waals surface area contributed by atoms with E-state index in [0.29, 0.717) is 47.7 Å². The first-order chi connectivity index (χ1) is 26.2. The number of hydrogen-bond acceptors (Lipinski definition) is 2. The van der Waals surface area contributed by atoms with Crippen LogP contribution in [0.5, 0.6) is 0 Å². The minimum absolute atomic E-state index is 0.260. The minimum Gasteiger partial charge on any atom is -0.366 e. The number of rotatable bonds is 6. The quantitative estimate of drug-likeness (QED) is 0.255. The lowest BCUT2D eigenvalue weighted by Gasteiger charge is -2.42. The van der Waals surface area contributed by atoms with Crippen LogP contribution >= 0.6 is 0 Å². The highest BCUT2D eigenvalue weighted by molar-refractivity contribution is 5.54. The van der Waals surface area contributed by atoms with Crippen molar-refractivity contribution in [1.82, 2.24) is 4.90 Å². The molecule has 2 heteroatoms. The molecular weight excluding hydrogens is 643 g/mol. The molecule has 0 aromatic rings. The number of allylic oxidation sites excluding steroid dienone is 19. The summed E-state index contributed by atoms with van der Waals surface area (Å²) in [6.07, 6.45) is 58.7. The molecule has 0 saturated carbocycles. The second-order valence-electron chi connectivity index (χ2n) is 18.1. The van der Waals surface area contributed by atoms with Gasteiger partial charge in [-0.05, 0) is 178 Å². The first-order valence-electron chi connectivity index (χ1n) is 21.9. The highest BCUT2D eigenvalue weighted by Crippen LogP contribution is 2.50. The van der Waals surface area contributed by atoms with E-state index in [9.17, 15) is 0 Å². The van der Waals surface area contributed by atoms with Crippen LogP contribution in [0.1, 0.15) is 116 Å². The maximum atomic E-state index is 6.91. The molecule has 0 radical (unpaired) electrons. The molecule has 10 aliphatic rings. The maximum absolute atomic E-state index is 6.91. The van der Waals surface area contributed by atoms with Gasteiger partial charge >= 0.3 is 0 Å². The van der Waals surface area contributed by atoms with Crippen molar-refractivity contribution in [3.8, 4) is 0 Å². The van der Waals surface area contributed by atoms with E-state index in [1.54, 1.807) is 50.4 Å². The first kappa shape index (κ1) is 34.2. The van der Waals surface area contributed by atoms with Crippen molar-refractivity contribution in [3.63, 3.8) is 0 Å². The van der Waals surface area contributed by atoms with Crippen molar-refractivity contribution >= 4 is 0 Å². The second-order valence-corrected chi connectivity index (χ2v) is 18.1. The second kappa shape index (κ2) is 14.7. The van der Waals surface area contributed by atoms with Crippen LogP contribution in [0.25, 0.3) is 0 Å². The van der Waals surface area contributed by atoms with E-state index in [-0.39, 0.29) is 6.10 Å². The first-order valence-corrected chi connectivity index (χ1v) is 21.9. The fraction of sp³-hybridized carbons (Fsp3) is 0.529. The number of ether oxygens (including phenoxy) is 1. The number of fused-ring (bicyclic) bond motifs is 4. The minimum atomic E-state index is 0.260. The van der Waals surface area contributed by atoms with Gasteiger partial charge in [0.2, 0.25) is 0 Å². The Balaban J connectivity index is 0.906. The van der Waals surface area contributed by atoms with Crippen molar-refractivity contribution in [2.24, 2.45) is 35.5 Å². The van der Waals surface area contributed by atoms with Crippen LogP contribution in [0.3, 0.4) is 0 Å². The monoisotopic (exact) mass is 703 g/mol. The normalized spacial score (nSPS) is 37.5. The van der Waals surface area contributed by atoms with Crippen LogP contribution in [-0.2, 0) is 4.74 Å². The summed E-state index contributed by atoms with van der Waals surface area (Å²) < 4.78 is 6.91. The van der Waals surface area contributed by atoms with Gasteiger partial charge in [-0.3, -0.25) is 0 Å². The van der Waals surface area contributed by atoms with Crippen molar-refractivity contribution < 1.29 is 4.74 Å². The SMILES string of the molecule is C[C@@H]1CC=CC2=C1C1=C(C=C(N(C3=CCC(C4=CC5C(C=C4)OC4C(C6CC=CCC6)=CCCC45)CC3)C3C=CC=C([C@H]4CC=CCC4)C3)CC1)CC2. The van der Waals surface area contributed by atoms with E-state index in [4.69, 9.17) is 4.74 Å². The van der Waals surface area contributed by atoms with Gasteiger partial charge in [-0.15, -0.1) is 0 Å². The summed E-state index contributed by atoms with van der Waals surface area (Å²) in [5.41, 5.74) is 14.7.